The van der Waals surface area contributed by atoms with E-state index in [0.717, 1.165) is 11.1 Å². The van der Waals surface area contributed by atoms with Gasteiger partial charge in [-0.15, -0.1) is 0 Å². The molecule has 5 nitrogen and oxygen atoms in total. The zero-order valence-corrected chi connectivity index (χ0v) is 12.0. The number of aromatic hydroxyl groups is 1. The molecule has 1 fully saturated rings. The molecule has 1 aliphatic heterocycles. The fourth-order valence-electron chi connectivity index (χ4n) is 2.57. The predicted octanol–water partition coefficient (Wildman–Crippen LogP) is 2.26. The van der Waals surface area contributed by atoms with Gasteiger partial charge in [-0.3, -0.25) is 4.79 Å². The van der Waals surface area contributed by atoms with Crippen molar-refractivity contribution in [2.24, 2.45) is 5.92 Å². The number of nitrogens with one attached hydrogen (secondary N) is 1. The van der Waals surface area contributed by atoms with Crippen LogP contribution >= 0.6 is 0 Å². The van der Waals surface area contributed by atoms with Crippen LogP contribution in [0.4, 0.5) is 0 Å². The van der Waals surface area contributed by atoms with E-state index in [1.807, 2.05) is 12.1 Å². The fraction of sp³-hybridized carbons (Fsp3) is 0.533. The van der Waals surface area contributed by atoms with E-state index in [1.54, 1.807) is 0 Å². The third-order valence-electron chi connectivity index (χ3n) is 3.87. The van der Waals surface area contributed by atoms with E-state index in [2.05, 4.69) is 19.2 Å². The van der Waals surface area contributed by atoms with Gasteiger partial charge in [0, 0.05) is 18.2 Å². The number of hydrogen-bond donors (Lipinski definition) is 3. The van der Waals surface area contributed by atoms with Crippen molar-refractivity contribution in [2.45, 2.75) is 32.2 Å². The summed E-state index contributed by atoms with van der Waals surface area (Å²) in [5.41, 5.74) is 1.78. The summed E-state index contributed by atoms with van der Waals surface area (Å²) in [7, 11) is 1.52. The van der Waals surface area contributed by atoms with E-state index in [9.17, 15) is 9.90 Å². The largest absolute Gasteiger partial charge is 0.504 e. The number of carbonyl (C=O) groups is 1. The number of phenols is 1. The average molecular weight is 279 g/mol. The first-order chi connectivity index (χ1) is 9.43. The minimum Gasteiger partial charge on any atom is -0.504 e. The quantitative estimate of drug-likeness (QED) is 0.788. The van der Waals surface area contributed by atoms with Crippen molar-refractivity contribution in [1.82, 2.24) is 5.32 Å². The van der Waals surface area contributed by atoms with Crippen molar-refractivity contribution in [2.75, 3.05) is 13.7 Å². The Labute approximate surface area is 118 Å². The molecule has 0 saturated carbocycles. The van der Waals surface area contributed by atoms with Crippen LogP contribution in [0.2, 0.25) is 0 Å². The van der Waals surface area contributed by atoms with Gasteiger partial charge in [-0.05, 0) is 30.0 Å². The number of hydrogen-bond acceptors (Lipinski definition) is 4. The summed E-state index contributed by atoms with van der Waals surface area (Å²) in [5, 5.41) is 22.5. The Morgan fingerprint density at radius 1 is 1.45 bits per heavy atom. The number of rotatable bonds is 4. The normalized spacial score (nSPS) is 22.2. The van der Waals surface area contributed by atoms with E-state index in [1.165, 1.54) is 7.11 Å². The van der Waals surface area contributed by atoms with Gasteiger partial charge >= 0.3 is 5.97 Å². The summed E-state index contributed by atoms with van der Waals surface area (Å²) in [4.78, 5) is 11.0. The van der Waals surface area contributed by atoms with E-state index in [0.29, 0.717) is 24.6 Å². The monoisotopic (exact) mass is 279 g/mol. The average Bonchev–Trinajstić information content (AvgIpc) is 2.88. The number of carboxylic acid groups (broad SMARTS) is 1. The second kappa shape index (κ2) is 5.71. The van der Waals surface area contributed by atoms with E-state index in [-0.39, 0.29) is 11.8 Å². The first-order valence-electron chi connectivity index (χ1n) is 6.81. The number of benzene rings is 1. The molecule has 5 heteroatoms. The van der Waals surface area contributed by atoms with E-state index in [4.69, 9.17) is 9.84 Å². The molecule has 0 amide bonds. The third-order valence-corrected chi connectivity index (χ3v) is 3.87. The van der Waals surface area contributed by atoms with Gasteiger partial charge in [-0.2, -0.15) is 0 Å². The molecule has 1 aliphatic rings. The van der Waals surface area contributed by atoms with Crippen LogP contribution in [0, 0.1) is 5.92 Å². The molecule has 2 unspecified atom stereocenters. The Morgan fingerprint density at radius 3 is 2.65 bits per heavy atom. The minimum absolute atomic E-state index is 0.0976. The molecule has 3 N–H and O–H groups in total. The minimum atomic E-state index is -0.800. The lowest BCUT2D eigenvalue weighted by molar-refractivity contribution is -0.141. The van der Waals surface area contributed by atoms with Crippen molar-refractivity contribution < 1.29 is 19.7 Å². The molecule has 0 aromatic heterocycles. The summed E-state index contributed by atoms with van der Waals surface area (Å²) >= 11 is 0. The van der Waals surface area contributed by atoms with Crippen LogP contribution in [0.5, 0.6) is 11.5 Å². The van der Waals surface area contributed by atoms with Crippen molar-refractivity contribution in [3.63, 3.8) is 0 Å². The van der Waals surface area contributed by atoms with Gasteiger partial charge in [0.15, 0.2) is 11.5 Å². The van der Waals surface area contributed by atoms with Crippen LogP contribution in [0.15, 0.2) is 12.1 Å². The number of carboxylic acids is 1. The van der Waals surface area contributed by atoms with Crippen LogP contribution in [0.25, 0.3) is 0 Å². The molecule has 0 spiro atoms. The lowest BCUT2D eigenvalue weighted by Crippen LogP contribution is -2.17. The molecule has 2 atom stereocenters. The molecule has 1 saturated heterocycles. The SMILES string of the molecule is COc1cc(C(C)C)cc(C2CC(C(=O)O)CN2)c1O. The molecular formula is C15H21NO4. The van der Waals surface area contributed by atoms with Crippen molar-refractivity contribution >= 4 is 5.97 Å². The zero-order chi connectivity index (χ0) is 14.9. The summed E-state index contributed by atoms with van der Waals surface area (Å²) in [6.45, 7) is 4.56. The van der Waals surface area contributed by atoms with E-state index >= 15 is 0 Å². The van der Waals surface area contributed by atoms with Gasteiger partial charge in [0.05, 0.1) is 13.0 Å². The Bertz CT molecular complexity index is 513. The summed E-state index contributed by atoms with van der Waals surface area (Å²) < 4.78 is 5.22. The van der Waals surface area contributed by atoms with Crippen molar-refractivity contribution in [3.8, 4) is 11.5 Å². The maximum Gasteiger partial charge on any atom is 0.307 e. The highest BCUT2D eigenvalue weighted by molar-refractivity contribution is 5.71. The summed E-state index contributed by atoms with van der Waals surface area (Å²) in [5.74, 6) is -0.369. The fourth-order valence-corrected chi connectivity index (χ4v) is 2.57. The number of ether oxygens (including phenoxy) is 1. The first kappa shape index (κ1) is 14.7. The van der Waals surface area contributed by atoms with Gasteiger partial charge in [-0.25, -0.2) is 0 Å². The van der Waals surface area contributed by atoms with E-state index < -0.39 is 11.9 Å². The van der Waals surface area contributed by atoms with Gasteiger partial charge in [0.25, 0.3) is 0 Å². The Hall–Kier alpha value is -1.75. The predicted molar refractivity (Wildman–Crippen MR) is 75.2 cm³/mol. The number of methoxy groups -OCH3 is 1. The van der Waals surface area contributed by atoms with Crippen LogP contribution in [0.3, 0.4) is 0 Å². The Kier molecular flexibility index (Phi) is 4.18. The lowest BCUT2D eigenvalue weighted by atomic mass is 9.94. The smallest absolute Gasteiger partial charge is 0.307 e. The van der Waals surface area contributed by atoms with Crippen LogP contribution in [-0.4, -0.2) is 29.8 Å². The van der Waals surface area contributed by atoms with Gasteiger partial charge in [0.2, 0.25) is 0 Å². The number of aliphatic carboxylic acids is 1. The maximum absolute atomic E-state index is 11.0. The maximum atomic E-state index is 11.0. The van der Waals surface area contributed by atoms with Crippen molar-refractivity contribution in [3.05, 3.63) is 23.3 Å². The molecule has 0 aliphatic carbocycles. The summed E-state index contributed by atoms with van der Waals surface area (Å²) in [6, 6.07) is 3.61. The van der Waals surface area contributed by atoms with Crippen molar-refractivity contribution in [1.29, 1.82) is 0 Å². The van der Waals surface area contributed by atoms with Gasteiger partial charge < -0.3 is 20.3 Å². The molecule has 1 heterocycles. The lowest BCUT2D eigenvalue weighted by Gasteiger charge is -2.18. The van der Waals surface area contributed by atoms with Crippen LogP contribution < -0.4 is 10.1 Å². The van der Waals surface area contributed by atoms with Crippen LogP contribution in [-0.2, 0) is 4.79 Å². The standard InChI is InChI=1S/C15H21NO4/c1-8(2)9-4-11(14(17)13(6-9)20-3)12-5-10(7-16-12)15(18)19/h4,6,8,10,12,16-17H,5,7H2,1-3H3,(H,18,19). The topological polar surface area (TPSA) is 78.8 Å². The highest BCUT2D eigenvalue weighted by Crippen LogP contribution is 2.40. The molecule has 0 radical (unpaired) electrons. The van der Waals surface area contributed by atoms with Gasteiger partial charge in [0.1, 0.15) is 0 Å². The molecule has 20 heavy (non-hydrogen) atoms. The molecular weight excluding hydrogens is 258 g/mol. The summed E-state index contributed by atoms with van der Waals surface area (Å²) in [6.07, 6.45) is 0.480. The second-order valence-corrected chi connectivity index (χ2v) is 5.55. The Morgan fingerprint density at radius 2 is 2.15 bits per heavy atom. The molecule has 1 aromatic rings. The molecule has 1 aromatic carbocycles. The highest BCUT2D eigenvalue weighted by Gasteiger charge is 2.32. The molecule has 2 rings (SSSR count). The second-order valence-electron chi connectivity index (χ2n) is 5.55. The Balaban J connectivity index is 2.36. The highest BCUT2D eigenvalue weighted by atomic mass is 16.5. The first-order valence-corrected chi connectivity index (χ1v) is 6.81. The zero-order valence-electron chi connectivity index (χ0n) is 12.0. The third kappa shape index (κ3) is 2.72. The molecule has 0 bridgehead atoms. The molecule has 110 valence electrons. The van der Waals surface area contributed by atoms with Crippen LogP contribution in [0.1, 0.15) is 43.4 Å². The van der Waals surface area contributed by atoms with Gasteiger partial charge in [-0.1, -0.05) is 13.8 Å². The number of phenolic OH excluding ortho intramolecular Hbond substituents is 1.